The first-order valence-electron chi connectivity index (χ1n) is 12.3. The van der Waals surface area contributed by atoms with Crippen molar-refractivity contribution >= 4 is 34.1 Å². The topological polar surface area (TPSA) is 97.7 Å². The number of carbonyl (C=O) groups is 1. The number of amides is 1. The molecule has 1 amide bonds. The first-order chi connectivity index (χ1) is 17.0. The molecule has 0 bridgehead atoms. The van der Waals surface area contributed by atoms with Crippen molar-refractivity contribution < 1.29 is 14.1 Å². The molecule has 2 aromatic heterocycles. The van der Waals surface area contributed by atoms with Crippen LogP contribution in [0.15, 0.2) is 39.7 Å². The Morgan fingerprint density at radius 2 is 1.94 bits per heavy atom. The van der Waals surface area contributed by atoms with Gasteiger partial charge in [-0.15, -0.1) is 11.3 Å². The molecule has 0 radical (unpaired) electrons. The van der Waals surface area contributed by atoms with Gasteiger partial charge in [0.1, 0.15) is 16.5 Å². The lowest BCUT2D eigenvalue weighted by molar-refractivity contribution is -0.384. The molecule has 0 atom stereocenters. The fourth-order valence-corrected chi connectivity index (χ4v) is 6.30. The van der Waals surface area contributed by atoms with Crippen molar-refractivity contribution in [3.63, 3.8) is 0 Å². The number of aliphatic imine (C=N–C) groups is 1. The lowest BCUT2D eigenvalue weighted by atomic mass is 9.93. The van der Waals surface area contributed by atoms with Crippen molar-refractivity contribution in [2.24, 2.45) is 4.99 Å². The lowest BCUT2D eigenvalue weighted by Crippen LogP contribution is -2.36. The highest BCUT2D eigenvalue weighted by Crippen LogP contribution is 2.40. The monoisotopic (exact) mass is 491 g/mol. The minimum atomic E-state index is -0.397. The summed E-state index contributed by atoms with van der Waals surface area (Å²) in [7, 11) is 0. The highest BCUT2D eigenvalue weighted by Gasteiger charge is 2.27. The molecule has 182 valence electrons. The van der Waals surface area contributed by atoms with Crippen LogP contribution in [0.2, 0.25) is 0 Å². The minimum absolute atomic E-state index is 0.00967. The van der Waals surface area contributed by atoms with E-state index in [1.165, 1.54) is 11.3 Å². The number of hydrogen-bond donors (Lipinski definition) is 1. The molecule has 0 aliphatic heterocycles. The molecular weight excluding hydrogens is 462 g/mol. The van der Waals surface area contributed by atoms with E-state index in [2.05, 4.69) is 10.3 Å². The molecular formula is C27H29N3O4S. The maximum absolute atomic E-state index is 13.3. The fraction of sp³-hybridized carbons (Fsp3) is 0.407. The molecule has 1 N–H and O–H groups in total. The predicted octanol–water partition coefficient (Wildman–Crippen LogP) is 6.92. The summed E-state index contributed by atoms with van der Waals surface area (Å²) in [5.74, 6) is 0.887. The molecule has 2 aliphatic rings. The van der Waals surface area contributed by atoms with Crippen LogP contribution in [0.1, 0.15) is 77.1 Å². The molecule has 2 heterocycles. The summed E-state index contributed by atoms with van der Waals surface area (Å²) in [6.45, 7) is 1.82. The molecule has 1 aromatic carbocycles. The summed E-state index contributed by atoms with van der Waals surface area (Å²) in [6, 6.07) is 8.77. The third-order valence-corrected chi connectivity index (χ3v) is 8.07. The maximum atomic E-state index is 13.3. The Morgan fingerprint density at radius 1 is 1.14 bits per heavy atom. The highest BCUT2D eigenvalue weighted by atomic mass is 32.1. The second-order valence-electron chi connectivity index (χ2n) is 9.44. The van der Waals surface area contributed by atoms with Crippen LogP contribution in [0.3, 0.4) is 0 Å². The molecule has 7 nitrogen and oxygen atoms in total. The Kier molecular flexibility index (Phi) is 6.81. The minimum Gasteiger partial charge on any atom is -0.455 e. The average molecular weight is 492 g/mol. The van der Waals surface area contributed by atoms with E-state index in [-0.39, 0.29) is 17.6 Å². The molecule has 1 fully saturated rings. The van der Waals surface area contributed by atoms with Gasteiger partial charge in [-0.3, -0.25) is 14.9 Å². The third kappa shape index (κ3) is 5.07. The van der Waals surface area contributed by atoms with Gasteiger partial charge < -0.3 is 9.73 Å². The molecule has 0 unspecified atom stereocenters. The fourth-order valence-electron chi connectivity index (χ4n) is 5.07. The Labute approximate surface area is 208 Å². The Morgan fingerprint density at radius 3 is 2.74 bits per heavy atom. The van der Waals surface area contributed by atoms with Gasteiger partial charge in [-0.05, 0) is 74.8 Å². The van der Waals surface area contributed by atoms with Crippen molar-refractivity contribution in [1.29, 1.82) is 0 Å². The standard InChI is InChI=1S/C27H29N3O4S/c1-17-11-13-20(22(15-17)30(32)33)23-14-12-19(34-23)16-28-27-25(21-9-5-6-10-24(21)35-27)26(31)29-18-7-3-2-4-8-18/h11-16,18H,2-10H2,1H3,(H,29,31)/b28-16-. The van der Waals surface area contributed by atoms with Gasteiger partial charge in [0.05, 0.1) is 22.3 Å². The number of thiophene rings is 1. The van der Waals surface area contributed by atoms with Crippen LogP contribution in [0.5, 0.6) is 0 Å². The highest BCUT2D eigenvalue weighted by molar-refractivity contribution is 7.16. The van der Waals surface area contributed by atoms with E-state index < -0.39 is 4.92 Å². The van der Waals surface area contributed by atoms with Gasteiger partial charge in [-0.2, -0.15) is 0 Å². The number of furan rings is 1. The summed E-state index contributed by atoms with van der Waals surface area (Å²) >= 11 is 1.59. The van der Waals surface area contributed by atoms with Crippen LogP contribution in [-0.4, -0.2) is 23.1 Å². The molecule has 0 spiro atoms. The van der Waals surface area contributed by atoms with Crippen LogP contribution < -0.4 is 5.32 Å². The van der Waals surface area contributed by atoms with E-state index in [0.717, 1.165) is 62.5 Å². The smallest absolute Gasteiger partial charge is 0.280 e. The van der Waals surface area contributed by atoms with Gasteiger partial charge in [0.15, 0.2) is 0 Å². The molecule has 35 heavy (non-hydrogen) atoms. The van der Waals surface area contributed by atoms with E-state index >= 15 is 0 Å². The summed E-state index contributed by atoms with van der Waals surface area (Å²) in [5, 5.41) is 15.5. The first kappa shape index (κ1) is 23.5. The number of nitro benzene ring substituents is 1. The van der Waals surface area contributed by atoms with Crippen LogP contribution in [-0.2, 0) is 12.8 Å². The van der Waals surface area contributed by atoms with Gasteiger partial charge in [-0.25, -0.2) is 4.99 Å². The molecule has 2 aliphatic carbocycles. The summed E-state index contributed by atoms with van der Waals surface area (Å²) in [6.07, 6.45) is 11.4. The van der Waals surface area contributed by atoms with E-state index in [9.17, 15) is 14.9 Å². The molecule has 0 saturated heterocycles. The molecule has 1 saturated carbocycles. The largest absolute Gasteiger partial charge is 0.455 e. The van der Waals surface area contributed by atoms with E-state index in [1.807, 2.05) is 13.0 Å². The zero-order valence-electron chi connectivity index (χ0n) is 19.8. The Balaban J connectivity index is 1.42. The number of fused-ring (bicyclic) bond motifs is 1. The summed E-state index contributed by atoms with van der Waals surface area (Å²) in [5.41, 5.74) is 3.12. The second kappa shape index (κ2) is 10.2. The number of nitro groups is 1. The zero-order valence-corrected chi connectivity index (χ0v) is 20.7. The van der Waals surface area contributed by atoms with Crippen LogP contribution >= 0.6 is 11.3 Å². The number of rotatable bonds is 6. The number of aryl methyl sites for hydroxylation is 2. The van der Waals surface area contributed by atoms with E-state index in [4.69, 9.17) is 4.42 Å². The number of carbonyl (C=O) groups excluding carboxylic acids is 1. The van der Waals surface area contributed by atoms with Crippen molar-refractivity contribution in [3.8, 4) is 11.3 Å². The normalized spacial score (nSPS) is 16.4. The van der Waals surface area contributed by atoms with Gasteiger partial charge in [0, 0.05) is 17.0 Å². The molecule has 5 rings (SSSR count). The maximum Gasteiger partial charge on any atom is 0.280 e. The van der Waals surface area contributed by atoms with Crippen molar-refractivity contribution in [1.82, 2.24) is 5.32 Å². The molecule has 3 aromatic rings. The number of nitrogens with one attached hydrogen (secondary N) is 1. The summed E-state index contributed by atoms with van der Waals surface area (Å²) in [4.78, 5) is 30.4. The quantitative estimate of drug-likeness (QED) is 0.230. The van der Waals surface area contributed by atoms with Crippen molar-refractivity contribution in [2.45, 2.75) is 70.8 Å². The number of hydrogen-bond acceptors (Lipinski definition) is 6. The lowest BCUT2D eigenvalue weighted by Gasteiger charge is -2.23. The average Bonchev–Trinajstić information content (AvgIpc) is 3.47. The van der Waals surface area contributed by atoms with Gasteiger partial charge in [-0.1, -0.05) is 25.3 Å². The van der Waals surface area contributed by atoms with E-state index in [1.54, 1.807) is 41.8 Å². The van der Waals surface area contributed by atoms with Crippen molar-refractivity contribution in [3.05, 3.63) is 67.8 Å². The SMILES string of the molecule is Cc1ccc(-c2ccc(/C=N\c3sc4c(c3C(=O)NC3CCCCC3)CCCC4)o2)c([N+](=O)[O-])c1. The molecule has 8 heteroatoms. The summed E-state index contributed by atoms with van der Waals surface area (Å²) < 4.78 is 5.90. The Hall–Kier alpha value is -3.26. The van der Waals surface area contributed by atoms with Crippen LogP contribution in [0.4, 0.5) is 10.7 Å². The van der Waals surface area contributed by atoms with Gasteiger partial charge in [0.2, 0.25) is 0 Å². The van der Waals surface area contributed by atoms with Gasteiger partial charge >= 0.3 is 0 Å². The first-order valence-corrected chi connectivity index (χ1v) is 13.2. The van der Waals surface area contributed by atoms with Crippen LogP contribution in [0, 0.1) is 17.0 Å². The predicted molar refractivity (Wildman–Crippen MR) is 138 cm³/mol. The number of nitrogens with zero attached hydrogens (tertiary/aromatic N) is 2. The number of benzene rings is 1. The third-order valence-electron chi connectivity index (χ3n) is 6.87. The van der Waals surface area contributed by atoms with Crippen molar-refractivity contribution in [2.75, 3.05) is 0 Å². The van der Waals surface area contributed by atoms with Crippen LogP contribution in [0.25, 0.3) is 11.3 Å². The van der Waals surface area contributed by atoms with Gasteiger partial charge in [0.25, 0.3) is 11.6 Å². The Bertz CT molecular complexity index is 1280. The zero-order chi connectivity index (χ0) is 24.4. The second-order valence-corrected chi connectivity index (χ2v) is 10.5. The van der Waals surface area contributed by atoms with E-state index in [0.29, 0.717) is 27.6 Å².